The Bertz CT molecular complexity index is 626. The molecule has 6 heteroatoms. The second kappa shape index (κ2) is 8.12. The molecule has 0 aliphatic carbocycles. The van der Waals surface area contributed by atoms with Crippen LogP contribution in [0, 0.1) is 0 Å². The van der Waals surface area contributed by atoms with Crippen LogP contribution in [0.25, 0.3) is 0 Å². The van der Waals surface area contributed by atoms with Gasteiger partial charge in [-0.15, -0.1) is 0 Å². The predicted molar refractivity (Wildman–Crippen MR) is 85.7 cm³/mol. The maximum absolute atomic E-state index is 12.7. The van der Waals surface area contributed by atoms with Gasteiger partial charge in [0.15, 0.2) is 0 Å². The fraction of sp³-hybridized carbons (Fsp3) is 0.353. The lowest BCUT2D eigenvalue weighted by molar-refractivity contribution is -0.139. The zero-order valence-corrected chi connectivity index (χ0v) is 13.1. The van der Waals surface area contributed by atoms with Gasteiger partial charge in [0.2, 0.25) is 5.91 Å². The Balaban J connectivity index is 2.08. The van der Waals surface area contributed by atoms with Gasteiger partial charge in [-0.3, -0.25) is 14.3 Å². The first-order valence-electron chi connectivity index (χ1n) is 7.61. The van der Waals surface area contributed by atoms with Crippen LogP contribution in [0.2, 0.25) is 0 Å². The van der Waals surface area contributed by atoms with E-state index in [2.05, 4.69) is 5.10 Å². The number of carboxylic acids is 1. The van der Waals surface area contributed by atoms with Crippen molar-refractivity contribution in [2.75, 3.05) is 6.54 Å². The van der Waals surface area contributed by atoms with Gasteiger partial charge in [0.1, 0.15) is 6.04 Å². The quantitative estimate of drug-likeness (QED) is 0.811. The summed E-state index contributed by atoms with van der Waals surface area (Å²) in [5.74, 6) is -0.917. The van der Waals surface area contributed by atoms with Crippen LogP contribution in [0.15, 0.2) is 48.8 Å². The van der Waals surface area contributed by atoms with Crippen LogP contribution in [0.4, 0.5) is 0 Å². The number of amides is 1. The number of aromatic nitrogens is 2. The molecule has 0 aliphatic heterocycles. The van der Waals surface area contributed by atoms with E-state index >= 15 is 0 Å². The summed E-state index contributed by atoms with van der Waals surface area (Å²) in [4.78, 5) is 25.2. The van der Waals surface area contributed by atoms with Crippen molar-refractivity contribution in [3.05, 3.63) is 54.4 Å². The Morgan fingerprint density at radius 3 is 2.61 bits per heavy atom. The van der Waals surface area contributed by atoms with Gasteiger partial charge in [0.25, 0.3) is 0 Å². The maximum Gasteiger partial charge on any atom is 0.303 e. The Morgan fingerprint density at radius 1 is 1.26 bits per heavy atom. The normalized spacial score (nSPS) is 11.9. The third kappa shape index (κ3) is 4.95. The first-order chi connectivity index (χ1) is 11.1. The molecule has 0 saturated carbocycles. The van der Waals surface area contributed by atoms with Gasteiger partial charge in [0, 0.05) is 31.9 Å². The molecular formula is C17H21N3O3. The van der Waals surface area contributed by atoms with E-state index in [0.29, 0.717) is 19.5 Å². The van der Waals surface area contributed by atoms with Crippen molar-refractivity contribution in [2.24, 2.45) is 0 Å². The van der Waals surface area contributed by atoms with E-state index in [9.17, 15) is 9.59 Å². The molecule has 0 fully saturated rings. The first-order valence-corrected chi connectivity index (χ1v) is 7.61. The van der Waals surface area contributed by atoms with Crippen molar-refractivity contribution in [3.8, 4) is 0 Å². The van der Waals surface area contributed by atoms with Crippen molar-refractivity contribution in [1.82, 2.24) is 14.7 Å². The lowest BCUT2D eigenvalue weighted by atomic mass is 10.1. The Hall–Kier alpha value is -2.63. The molecule has 1 atom stereocenters. The van der Waals surface area contributed by atoms with E-state index in [-0.39, 0.29) is 12.3 Å². The molecule has 1 N–H and O–H groups in total. The van der Waals surface area contributed by atoms with Crippen molar-refractivity contribution in [3.63, 3.8) is 0 Å². The SMILES string of the molecule is CC(C(=O)N(CCCC(=O)O)Cc1ccccc1)n1cccn1. The fourth-order valence-corrected chi connectivity index (χ4v) is 2.38. The second-order valence-corrected chi connectivity index (χ2v) is 5.40. The van der Waals surface area contributed by atoms with Crippen molar-refractivity contribution >= 4 is 11.9 Å². The number of hydrogen-bond acceptors (Lipinski definition) is 3. The highest BCUT2D eigenvalue weighted by molar-refractivity contribution is 5.80. The van der Waals surface area contributed by atoms with Crippen molar-refractivity contribution < 1.29 is 14.7 Å². The number of carboxylic acid groups (broad SMARTS) is 1. The zero-order valence-electron chi connectivity index (χ0n) is 13.1. The smallest absolute Gasteiger partial charge is 0.303 e. The van der Waals surface area contributed by atoms with E-state index in [1.54, 1.807) is 35.0 Å². The van der Waals surface area contributed by atoms with Gasteiger partial charge in [-0.1, -0.05) is 30.3 Å². The lowest BCUT2D eigenvalue weighted by Crippen LogP contribution is -2.37. The van der Waals surface area contributed by atoms with Gasteiger partial charge in [-0.25, -0.2) is 0 Å². The highest BCUT2D eigenvalue weighted by atomic mass is 16.4. The van der Waals surface area contributed by atoms with E-state index < -0.39 is 12.0 Å². The molecule has 122 valence electrons. The summed E-state index contributed by atoms with van der Waals surface area (Å²) in [6.45, 7) is 2.67. The van der Waals surface area contributed by atoms with E-state index in [4.69, 9.17) is 5.11 Å². The number of benzene rings is 1. The monoisotopic (exact) mass is 315 g/mol. The molecule has 1 aromatic carbocycles. The van der Waals surface area contributed by atoms with Crippen LogP contribution in [0.3, 0.4) is 0 Å². The standard InChI is InChI=1S/C17H21N3O3/c1-14(20-12-6-10-18-20)17(23)19(11-5-9-16(21)22)13-15-7-3-2-4-8-15/h2-4,6-8,10,12,14H,5,9,11,13H2,1H3,(H,21,22). The first kappa shape index (κ1) is 16.7. The minimum atomic E-state index is -0.850. The van der Waals surface area contributed by atoms with Crippen LogP contribution >= 0.6 is 0 Å². The molecule has 0 aliphatic rings. The molecule has 0 spiro atoms. The minimum absolute atomic E-state index is 0.0503. The molecule has 2 aromatic rings. The summed E-state index contributed by atoms with van der Waals surface area (Å²) in [6.07, 6.45) is 3.87. The van der Waals surface area contributed by atoms with Crippen molar-refractivity contribution in [2.45, 2.75) is 32.4 Å². The van der Waals surface area contributed by atoms with Gasteiger partial charge in [-0.2, -0.15) is 5.10 Å². The summed E-state index contributed by atoms with van der Waals surface area (Å²) in [5, 5.41) is 12.9. The average molecular weight is 315 g/mol. The number of carbonyl (C=O) groups excluding carboxylic acids is 1. The maximum atomic E-state index is 12.7. The van der Waals surface area contributed by atoms with Gasteiger partial charge in [-0.05, 0) is 25.0 Å². The van der Waals surface area contributed by atoms with Crippen LogP contribution in [-0.2, 0) is 16.1 Å². The number of hydrogen-bond donors (Lipinski definition) is 1. The number of carbonyl (C=O) groups is 2. The highest BCUT2D eigenvalue weighted by Crippen LogP contribution is 2.13. The van der Waals surface area contributed by atoms with Gasteiger partial charge >= 0.3 is 5.97 Å². The second-order valence-electron chi connectivity index (χ2n) is 5.40. The highest BCUT2D eigenvalue weighted by Gasteiger charge is 2.22. The third-order valence-electron chi connectivity index (χ3n) is 3.63. The number of nitrogens with zero attached hydrogens (tertiary/aromatic N) is 3. The summed E-state index contributed by atoms with van der Waals surface area (Å²) in [5.41, 5.74) is 1.02. The van der Waals surface area contributed by atoms with Crippen LogP contribution in [0.1, 0.15) is 31.4 Å². The van der Waals surface area contributed by atoms with Gasteiger partial charge in [0.05, 0.1) is 0 Å². The molecule has 0 saturated heterocycles. The minimum Gasteiger partial charge on any atom is -0.481 e. The topological polar surface area (TPSA) is 75.4 Å². The average Bonchev–Trinajstić information content (AvgIpc) is 3.07. The van der Waals surface area contributed by atoms with Crippen molar-refractivity contribution in [1.29, 1.82) is 0 Å². The lowest BCUT2D eigenvalue weighted by Gasteiger charge is -2.26. The van der Waals surface area contributed by atoms with E-state index in [0.717, 1.165) is 5.56 Å². The summed E-state index contributed by atoms with van der Waals surface area (Å²) >= 11 is 0. The van der Waals surface area contributed by atoms with Crippen LogP contribution in [0.5, 0.6) is 0 Å². The van der Waals surface area contributed by atoms with Crippen LogP contribution in [-0.4, -0.2) is 38.2 Å². The molecule has 0 bridgehead atoms. The molecule has 23 heavy (non-hydrogen) atoms. The van der Waals surface area contributed by atoms with E-state index in [1.165, 1.54) is 0 Å². The number of aliphatic carboxylic acids is 1. The Kier molecular flexibility index (Phi) is 5.91. The summed E-state index contributed by atoms with van der Waals surface area (Å²) < 4.78 is 1.61. The predicted octanol–water partition coefficient (Wildman–Crippen LogP) is 2.34. The molecule has 1 aromatic heterocycles. The molecule has 1 heterocycles. The Morgan fingerprint density at radius 2 is 2.00 bits per heavy atom. The van der Waals surface area contributed by atoms with Crippen LogP contribution < -0.4 is 0 Å². The molecule has 2 rings (SSSR count). The molecule has 1 amide bonds. The molecule has 6 nitrogen and oxygen atoms in total. The molecule has 1 unspecified atom stereocenters. The molecule has 0 radical (unpaired) electrons. The summed E-state index contributed by atoms with van der Waals surface area (Å²) in [6, 6.07) is 11.0. The number of rotatable bonds is 8. The largest absolute Gasteiger partial charge is 0.481 e. The fourth-order valence-electron chi connectivity index (χ4n) is 2.38. The van der Waals surface area contributed by atoms with E-state index in [1.807, 2.05) is 30.3 Å². The molecular weight excluding hydrogens is 294 g/mol. The zero-order chi connectivity index (χ0) is 16.7. The summed E-state index contributed by atoms with van der Waals surface area (Å²) in [7, 11) is 0. The Labute approximate surface area is 135 Å². The third-order valence-corrected chi connectivity index (χ3v) is 3.63. The van der Waals surface area contributed by atoms with Gasteiger partial charge < -0.3 is 10.0 Å².